The predicted octanol–water partition coefficient (Wildman–Crippen LogP) is 2.82. The number of hydrazine groups is 1. The molecule has 0 unspecified atom stereocenters. The summed E-state index contributed by atoms with van der Waals surface area (Å²) < 4.78 is 0. The van der Waals surface area contributed by atoms with Crippen molar-refractivity contribution in [3.63, 3.8) is 0 Å². The standard InChI is InChI=1S/C20H31N3O3S/c1-11(2)17(21-12(3)24)19(26)23-22-18(25)16-10-13-9-14(20(4,5)6)7-8-15(13)27-16/h10-11,14,17H,7-9H2,1-6H3,(H,21,24)(H,22,25)(H,23,26)/t14-,17+/m1/s1. The fourth-order valence-electron chi connectivity index (χ4n) is 3.39. The minimum absolute atomic E-state index is 0.0887. The Balaban J connectivity index is 1.98. The van der Waals surface area contributed by atoms with Crippen molar-refractivity contribution in [1.29, 1.82) is 0 Å². The second kappa shape index (κ2) is 8.42. The molecule has 27 heavy (non-hydrogen) atoms. The maximum Gasteiger partial charge on any atom is 0.279 e. The van der Waals surface area contributed by atoms with Crippen LogP contribution in [0.25, 0.3) is 0 Å². The lowest BCUT2D eigenvalue weighted by Crippen LogP contribution is -2.53. The summed E-state index contributed by atoms with van der Waals surface area (Å²) in [5, 5.41) is 2.60. The van der Waals surface area contributed by atoms with Crippen LogP contribution < -0.4 is 16.2 Å². The molecule has 0 aliphatic heterocycles. The molecule has 1 aliphatic carbocycles. The lowest BCUT2D eigenvalue weighted by atomic mass is 9.72. The van der Waals surface area contributed by atoms with Gasteiger partial charge in [0, 0.05) is 11.8 Å². The summed E-state index contributed by atoms with van der Waals surface area (Å²) in [6.45, 7) is 11.8. The predicted molar refractivity (Wildman–Crippen MR) is 107 cm³/mol. The molecule has 0 radical (unpaired) electrons. The molecule has 2 atom stereocenters. The monoisotopic (exact) mass is 393 g/mol. The van der Waals surface area contributed by atoms with E-state index in [-0.39, 0.29) is 23.1 Å². The molecule has 1 aromatic heterocycles. The highest BCUT2D eigenvalue weighted by Gasteiger charge is 2.30. The fourth-order valence-corrected chi connectivity index (χ4v) is 4.49. The summed E-state index contributed by atoms with van der Waals surface area (Å²) in [5.41, 5.74) is 6.42. The number of hydrogen-bond acceptors (Lipinski definition) is 4. The number of fused-ring (bicyclic) bond motifs is 1. The summed E-state index contributed by atoms with van der Waals surface area (Å²) in [6.07, 6.45) is 3.13. The molecule has 6 nitrogen and oxygen atoms in total. The highest BCUT2D eigenvalue weighted by molar-refractivity contribution is 7.14. The van der Waals surface area contributed by atoms with Gasteiger partial charge in [0.25, 0.3) is 11.8 Å². The van der Waals surface area contributed by atoms with E-state index in [0.29, 0.717) is 10.8 Å². The molecule has 2 rings (SSSR count). The Hall–Kier alpha value is -1.89. The SMILES string of the molecule is CC(=O)N[C@H](C(=O)NNC(=O)c1cc2c(s1)CC[C@@H](C(C)(C)C)C2)C(C)C. The van der Waals surface area contributed by atoms with E-state index in [1.54, 1.807) is 0 Å². The highest BCUT2D eigenvalue weighted by Crippen LogP contribution is 2.40. The molecule has 0 saturated heterocycles. The summed E-state index contributed by atoms with van der Waals surface area (Å²) >= 11 is 1.50. The molecule has 3 amide bonds. The van der Waals surface area contributed by atoms with Crippen molar-refractivity contribution >= 4 is 29.1 Å². The maximum atomic E-state index is 12.5. The summed E-state index contributed by atoms with van der Waals surface area (Å²) in [5.74, 6) is -0.508. The minimum Gasteiger partial charge on any atom is -0.344 e. The third kappa shape index (κ3) is 5.54. The molecule has 7 heteroatoms. The topological polar surface area (TPSA) is 87.3 Å². The van der Waals surface area contributed by atoms with Gasteiger partial charge in [-0.05, 0) is 48.1 Å². The van der Waals surface area contributed by atoms with E-state index < -0.39 is 11.9 Å². The average molecular weight is 394 g/mol. The zero-order chi connectivity index (χ0) is 20.4. The summed E-state index contributed by atoms with van der Waals surface area (Å²) in [4.78, 5) is 37.9. The van der Waals surface area contributed by atoms with Gasteiger partial charge >= 0.3 is 0 Å². The van der Waals surface area contributed by atoms with E-state index in [1.807, 2.05) is 19.9 Å². The second-order valence-corrected chi connectivity index (χ2v) is 9.87. The van der Waals surface area contributed by atoms with Gasteiger partial charge in [-0.25, -0.2) is 0 Å². The molecule has 1 aromatic rings. The van der Waals surface area contributed by atoms with Crippen LogP contribution >= 0.6 is 11.3 Å². The van der Waals surface area contributed by atoms with E-state index in [9.17, 15) is 14.4 Å². The summed E-state index contributed by atoms with van der Waals surface area (Å²) in [6, 6.07) is 1.26. The number of aryl methyl sites for hydroxylation is 1. The molecule has 0 saturated carbocycles. The van der Waals surface area contributed by atoms with Crippen LogP contribution in [0.3, 0.4) is 0 Å². The number of carbonyl (C=O) groups is 3. The van der Waals surface area contributed by atoms with E-state index >= 15 is 0 Å². The second-order valence-electron chi connectivity index (χ2n) is 8.73. The molecule has 1 aliphatic rings. The molecule has 1 heterocycles. The maximum absolute atomic E-state index is 12.5. The van der Waals surface area contributed by atoms with Gasteiger partial charge in [0.2, 0.25) is 5.91 Å². The van der Waals surface area contributed by atoms with Gasteiger partial charge in [0.1, 0.15) is 6.04 Å². The number of hydrogen-bond donors (Lipinski definition) is 3. The first-order valence-corrected chi connectivity index (χ1v) is 10.3. The highest BCUT2D eigenvalue weighted by atomic mass is 32.1. The van der Waals surface area contributed by atoms with Gasteiger partial charge < -0.3 is 5.32 Å². The van der Waals surface area contributed by atoms with Crippen LogP contribution in [0.1, 0.15) is 68.1 Å². The van der Waals surface area contributed by atoms with Crippen LogP contribution in [-0.4, -0.2) is 23.8 Å². The Kier molecular flexibility index (Phi) is 6.68. The van der Waals surface area contributed by atoms with Crippen LogP contribution in [0.4, 0.5) is 0 Å². The molecular formula is C20H31N3O3S. The van der Waals surface area contributed by atoms with Crippen molar-refractivity contribution in [3.05, 3.63) is 21.4 Å². The first-order chi connectivity index (χ1) is 12.5. The van der Waals surface area contributed by atoms with Crippen LogP contribution in [0.2, 0.25) is 0 Å². The molecule has 0 aromatic carbocycles. The van der Waals surface area contributed by atoms with Crippen molar-refractivity contribution in [1.82, 2.24) is 16.2 Å². The van der Waals surface area contributed by atoms with E-state index in [0.717, 1.165) is 19.3 Å². The molecule has 3 N–H and O–H groups in total. The lowest BCUT2D eigenvalue weighted by Gasteiger charge is -2.33. The Morgan fingerprint density at radius 1 is 1.19 bits per heavy atom. The molecule has 0 bridgehead atoms. The number of nitrogens with one attached hydrogen (secondary N) is 3. The van der Waals surface area contributed by atoms with Crippen LogP contribution in [0.15, 0.2) is 6.07 Å². The largest absolute Gasteiger partial charge is 0.344 e. The van der Waals surface area contributed by atoms with E-state index in [4.69, 9.17) is 0 Å². The van der Waals surface area contributed by atoms with Gasteiger partial charge in [-0.3, -0.25) is 25.2 Å². The van der Waals surface area contributed by atoms with Crippen molar-refractivity contribution in [3.8, 4) is 0 Å². The summed E-state index contributed by atoms with van der Waals surface area (Å²) in [7, 11) is 0. The van der Waals surface area contributed by atoms with Crippen molar-refractivity contribution in [2.75, 3.05) is 0 Å². The normalized spacial score (nSPS) is 17.8. The van der Waals surface area contributed by atoms with Crippen molar-refractivity contribution in [2.24, 2.45) is 17.3 Å². The minimum atomic E-state index is -0.688. The smallest absolute Gasteiger partial charge is 0.279 e. The quantitative estimate of drug-likeness (QED) is 0.688. The van der Waals surface area contributed by atoms with E-state index in [2.05, 4.69) is 36.9 Å². The first-order valence-electron chi connectivity index (χ1n) is 9.48. The molecular weight excluding hydrogens is 362 g/mol. The van der Waals surface area contributed by atoms with Gasteiger partial charge in [0.05, 0.1) is 4.88 Å². The molecule has 150 valence electrons. The number of rotatable bonds is 4. The molecule has 0 spiro atoms. The Morgan fingerprint density at radius 3 is 2.41 bits per heavy atom. The van der Waals surface area contributed by atoms with Crippen LogP contribution in [0.5, 0.6) is 0 Å². The van der Waals surface area contributed by atoms with Crippen molar-refractivity contribution in [2.45, 2.75) is 66.8 Å². The Labute approximate surface area is 165 Å². The first kappa shape index (κ1) is 21.4. The zero-order valence-electron chi connectivity index (χ0n) is 17.1. The number of thiophene rings is 1. The Bertz CT molecular complexity index is 719. The van der Waals surface area contributed by atoms with E-state index in [1.165, 1.54) is 28.7 Å². The van der Waals surface area contributed by atoms with Gasteiger partial charge in [-0.2, -0.15) is 0 Å². The Morgan fingerprint density at radius 2 is 1.85 bits per heavy atom. The number of carbonyl (C=O) groups excluding carboxylic acids is 3. The lowest BCUT2D eigenvalue weighted by molar-refractivity contribution is -0.129. The van der Waals surface area contributed by atoms with Crippen LogP contribution in [-0.2, 0) is 22.4 Å². The van der Waals surface area contributed by atoms with Gasteiger partial charge in [0.15, 0.2) is 0 Å². The van der Waals surface area contributed by atoms with Gasteiger partial charge in [-0.1, -0.05) is 34.6 Å². The number of amides is 3. The zero-order valence-corrected chi connectivity index (χ0v) is 17.9. The van der Waals surface area contributed by atoms with Crippen molar-refractivity contribution < 1.29 is 14.4 Å². The van der Waals surface area contributed by atoms with Gasteiger partial charge in [-0.15, -0.1) is 11.3 Å². The fraction of sp³-hybridized carbons (Fsp3) is 0.650. The average Bonchev–Trinajstić information content (AvgIpc) is 2.99. The van der Waals surface area contributed by atoms with Crippen LogP contribution in [0, 0.1) is 17.3 Å². The molecule has 0 fully saturated rings. The third-order valence-electron chi connectivity index (χ3n) is 5.14. The third-order valence-corrected chi connectivity index (χ3v) is 6.37.